The van der Waals surface area contributed by atoms with Crippen LogP contribution < -0.4 is 0 Å². The first-order chi connectivity index (χ1) is 10.5. The quantitative estimate of drug-likeness (QED) is 0.221. The van der Waals surface area contributed by atoms with Crippen LogP contribution in [-0.4, -0.2) is 34.9 Å². The summed E-state index contributed by atoms with van der Waals surface area (Å²) in [7, 11) is 0. The predicted octanol–water partition coefficient (Wildman–Crippen LogP) is 6.66. The van der Waals surface area contributed by atoms with E-state index in [1.807, 2.05) is 6.92 Å². The van der Waals surface area contributed by atoms with Crippen molar-refractivity contribution in [3.8, 4) is 0 Å². The number of quaternary nitrogens is 1. The van der Waals surface area contributed by atoms with Crippen LogP contribution in [0.1, 0.15) is 92.4 Å². The maximum Gasteiger partial charge on any atom is 0.0786 e. The second-order valence-electron chi connectivity index (χ2n) is 6.40. The van der Waals surface area contributed by atoms with Crippen LogP contribution in [0, 0.1) is 0 Å². The number of nitrogens with zero attached hydrogens (tertiary/aromatic N) is 1. The van der Waals surface area contributed by atoms with Crippen LogP contribution in [0.15, 0.2) is 0 Å². The number of thiol groups is 1. The fraction of sp³-hybridized carbons (Fsp3) is 0.947. The van der Waals surface area contributed by atoms with Crippen molar-refractivity contribution in [3.05, 3.63) is 0 Å². The average Bonchev–Trinajstić information content (AvgIpc) is 2.54. The van der Waals surface area contributed by atoms with Gasteiger partial charge < -0.3 is 4.48 Å². The summed E-state index contributed by atoms with van der Waals surface area (Å²) in [6.45, 7) is 17.0. The molecular weight excluding hydrogens is 306 g/mol. The molecule has 0 aromatic rings. The molecule has 0 unspecified atom stereocenters. The molecule has 0 saturated carbocycles. The Bertz CT molecular complexity index is 204. The van der Waals surface area contributed by atoms with E-state index in [9.17, 15) is 0 Å². The van der Waals surface area contributed by atoms with Gasteiger partial charge in [0.2, 0.25) is 0 Å². The van der Waals surface area contributed by atoms with Crippen LogP contribution in [0.2, 0.25) is 0 Å². The Labute approximate surface area is 152 Å². The lowest BCUT2D eigenvalue weighted by Crippen LogP contribution is -2.50. The number of unbranched alkanes of at least 4 members (excludes halogenated alkanes) is 4. The van der Waals surface area contributed by atoms with Crippen LogP contribution in [0.5, 0.6) is 0 Å². The molecule has 0 aromatic heterocycles. The lowest BCUT2D eigenvalue weighted by atomic mass is 10.1. The van der Waals surface area contributed by atoms with Crippen molar-refractivity contribution >= 4 is 29.0 Å². The van der Waals surface area contributed by atoms with E-state index in [2.05, 4.69) is 52.5 Å². The molecule has 22 heavy (non-hydrogen) atoms. The van der Waals surface area contributed by atoms with Crippen molar-refractivity contribution in [1.82, 2.24) is 0 Å². The zero-order valence-corrected chi connectivity index (χ0v) is 17.7. The van der Waals surface area contributed by atoms with Gasteiger partial charge in [0, 0.05) is 4.20 Å². The van der Waals surface area contributed by atoms with E-state index in [0.29, 0.717) is 0 Å². The molecule has 0 amide bonds. The van der Waals surface area contributed by atoms with Crippen LogP contribution in [-0.2, 0) is 0 Å². The van der Waals surface area contributed by atoms with Crippen molar-refractivity contribution in [2.45, 2.75) is 92.4 Å². The van der Waals surface area contributed by atoms with Crippen molar-refractivity contribution in [1.29, 1.82) is 0 Å². The molecule has 0 heterocycles. The van der Waals surface area contributed by atoms with Crippen LogP contribution >= 0.6 is 24.8 Å². The van der Waals surface area contributed by atoms with Gasteiger partial charge >= 0.3 is 0 Å². The standard InChI is InChI=1S/C16H36N.C3H6S2/c1-5-9-13-17(14-10-6-2,15-11-7-3)16-12-8-4;1-2-3(4)5/h5-16H2,1-4H3;2H2,1H3,(H,4,5)/q+1;. The monoisotopic (exact) mass is 348 g/mol. The molecule has 0 aliphatic heterocycles. The first-order valence-corrected chi connectivity index (χ1v) is 10.4. The Balaban J connectivity index is 0. The van der Waals surface area contributed by atoms with Gasteiger partial charge in [-0.15, -0.1) is 12.6 Å². The van der Waals surface area contributed by atoms with Gasteiger partial charge in [-0.05, 0) is 32.1 Å². The van der Waals surface area contributed by atoms with Gasteiger partial charge in [-0.2, -0.15) is 0 Å². The van der Waals surface area contributed by atoms with Gasteiger partial charge in [0.25, 0.3) is 0 Å². The summed E-state index contributed by atoms with van der Waals surface area (Å²) in [6, 6.07) is 0. The smallest absolute Gasteiger partial charge is 0.0786 e. The summed E-state index contributed by atoms with van der Waals surface area (Å²) in [6.07, 6.45) is 12.0. The van der Waals surface area contributed by atoms with E-state index in [1.54, 1.807) is 0 Å². The zero-order chi connectivity index (χ0) is 17.3. The van der Waals surface area contributed by atoms with E-state index in [4.69, 9.17) is 0 Å². The minimum Gasteiger partial charge on any atom is -0.324 e. The van der Waals surface area contributed by atoms with Crippen LogP contribution in [0.25, 0.3) is 0 Å². The average molecular weight is 349 g/mol. The Morgan fingerprint density at radius 2 is 0.909 bits per heavy atom. The molecule has 0 bridgehead atoms. The lowest BCUT2D eigenvalue weighted by molar-refractivity contribution is -0.929. The number of hydrogen-bond acceptors (Lipinski definition) is 1. The highest BCUT2D eigenvalue weighted by Gasteiger charge is 2.24. The molecule has 3 heteroatoms. The molecular formula is C19H42NS2+. The minimum atomic E-state index is 0.782. The third kappa shape index (κ3) is 15.3. The van der Waals surface area contributed by atoms with Gasteiger partial charge in [-0.25, -0.2) is 0 Å². The molecule has 0 rings (SSSR count). The van der Waals surface area contributed by atoms with E-state index in [-0.39, 0.29) is 0 Å². The summed E-state index contributed by atoms with van der Waals surface area (Å²) in [5.74, 6) is 0. The second-order valence-corrected chi connectivity index (χ2v) is 7.73. The maximum atomic E-state index is 4.56. The Kier molecular flexibility index (Phi) is 19.9. The lowest BCUT2D eigenvalue weighted by Gasteiger charge is -2.39. The van der Waals surface area contributed by atoms with E-state index in [0.717, 1.165) is 10.6 Å². The Morgan fingerprint density at radius 1 is 0.682 bits per heavy atom. The molecule has 0 saturated heterocycles. The van der Waals surface area contributed by atoms with E-state index < -0.39 is 0 Å². The van der Waals surface area contributed by atoms with Crippen LogP contribution in [0.4, 0.5) is 0 Å². The number of thiocarbonyl (C=S) groups is 1. The Hall–Kier alpha value is 0.400. The van der Waals surface area contributed by atoms with Gasteiger partial charge in [0.05, 0.1) is 26.2 Å². The van der Waals surface area contributed by atoms with Gasteiger partial charge in [-0.3, -0.25) is 0 Å². The summed E-state index contributed by atoms with van der Waals surface area (Å²) in [5.41, 5.74) is 0. The summed E-state index contributed by atoms with van der Waals surface area (Å²) >= 11 is 8.39. The summed E-state index contributed by atoms with van der Waals surface area (Å²) < 4.78 is 2.20. The van der Waals surface area contributed by atoms with Crippen LogP contribution in [0.3, 0.4) is 0 Å². The third-order valence-electron chi connectivity index (χ3n) is 4.25. The summed E-state index contributed by atoms with van der Waals surface area (Å²) in [5, 5.41) is 0. The molecule has 0 radical (unpaired) electrons. The fourth-order valence-electron chi connectivity index (χ4n) is 2.64. The van der Waals surface area contributed by atoms with Crippen molar-refractivity contribution < 1.29 is 4.48 Å². The number of rotatable bonds is 13. The Morgan fingerprint density at radius 3 is 1.05 bits per heavy atom. The first kappa shape index (κ1) is 24.6. The molecule has 0 spiro atoms. The van der Waals surface area contributed by atoms with E-state index in [1.165, 1.54) is 82.0 Å². The molecule has 0 N–H and O–H groups in total. The van der Waals surface area contributed by atoms with Crippen molar-refractivity contribution in [3.63, 3.8) is 0 Å². The molecule has 0 aliphatic carbocycles. The maximum absolute atomic E-state index is 4.56. The minimum absolute atomic E-state index is 0.782. The molecule has 0 fully saturated rings. The first-order valence-electron chi connectivity index (χ1n) is 9.58. The fourth-order valence-corrected chi connectivity index (χ4v) is 2.64. The largest absolute Gasteiger partial charge is 0.324 e. The van der Waals surface area contributed by atoms with Crippen molar-refractivity contribution in [2.75, 3.05) is 26.2 Å². The highest BCUT2D eigenvalue weighted by Crippen LogP contribution is 2.16. The zero-order valence-electron chi connectivity index (χ0n) is 16.0. The summed E-state index contributed by atoms with van der Waals surface area (Å²) in [4.78, 5) is 0. The van der Waals surface area contributed by atoms with E-state index >= 15 is 0 Å². The predicted molar refractivity (Wildman–Crippen MR) is 111 cm³/mol. The topological polar surface area (TPSA) is 0 Å². The SMILES string of the molecule is CCC(=S)S.CCCC[N+](CCCC)(CCCC)CCCC. The highest BCUT2D eigenvalue weighted by atomic mass is 32.1. The van der Waals surface area contributed by atoms with Gasteiger partial charge in [-0.1, -0.05) is 72.5 Å². The molecule has 0 aliphatic rings. The van der Waals surface area contributed by atoms with Crippen molar-refractivity contribution in [2.24, 2.45) is 0 Å². The number of hydrogen-bond donors (Lipinski definition) is 1. The highest BCUT2D eigenvalue weighted by molar-refractivity contribution is 8.11. The molecule has 1 nitrogen and oxygen atoms in total. The molecule has 134 valence electrons. The molecule has 0 aromatic carbocycles. The van der Waals surface area contributed by atoms with Gasteiger partial charge in [0.15, 0.2) is 0 Å². The normalized spacial score (nSPS) is 11.0. The molecule has 0 atom stereocenters. The third-order valence-corrected chi connectivity index (χ3v) is 4.85. The second kappa shape index (κ2) is 17.7. The van der Waals surface area contributed by atoms with Gasteiger partial charge in [0.1, 0.15) is 0 Å².